The zero-order valence-electron chi connectivity index (χ0n) is 12.4. The molecule has 1 aromatic rings. The Morgan fingerprint density at radius 1 is 1.19 bits per heavy atom. The third kappa shape index (κ3) is 3.51. The predicted octanol–water partition coefficient (Wildman–Crippen LogP) is 1.24. The first kappa shape index (κ1) is 17.4. The van der Waals surface area contributed by atoms with Gasteiger partial charge in [0.15, 0.2) is 11.5 Å². The Kier molecular flexibility index (Phi) is 5.69. The number of amides is 1. The summed E-state index contributed by atoms with van der Waals surface area (Å²) in [6, 6.07) is 3.61. The van der Waals surface area contributed by atoms with Crippen LogP contribution in [0.4, 0.5) is 0 Å². The van der Waals surface area contributed by atoms with Gasteiger partial charge in [-0.25, -0.2) is 0 Å². The molecule has 1 fully saturated rings. The molecule has 6 nitrogen and oxygen atoms in total. The van der Waals surface area contributed by atoms with Gasteiger partial charge < -0.3 is 25.3 Å². The van der Waals surface area contributed by atoms with Crippen molar-refractivity contribution in [2.24, 2.45) is 5.73 Å². The van der Waals surface area contributed by atoms with Crippen molar-refractivity contribution < 1.29 is 19.0 Å². The van der Waals surface area contributed by atoms with Gasteiger partial charge in [-0.2, -0.15) is 0 Å². The molecule has 0 aromatic heterocycles. The minimum Gasteiger partial charge on any atom is -0.493 e. The number of carbonyl (C=O) groups excluding carboxylic acids is 1. The SMILES string of the molecule is COc1ccc(CNC(=O)C2(N)CC2)c(OC)c1OC.Cl. The lowest BCUT2D eigenvalue weighted by Gasteiger charge is -2.17. The number of methoxy groups -OCH3 is 3. The van der Waals surface area contributed by atoms with E-state index in [1.807, 2.05) is 6.07 Å². The van der Waals surface area contributed by atoms with Gasteiger partial charge >= 0.3 is 0 Å². The third-order valence-electron chi connectivity index (χ3n) is 3.47. The Balaban J connectivity index is 0.00000220. The summed E-state index contributed by atoms with van der Waals surface area (Å²) in [7, 11) is 4.65. The van der Waals surface area contributed by atoms with Crippen molar-refractivity contribution in [2.75, 3.05) is 21.3 Å². The predicted molar refractivity (Wildman–Crippen MR) is 81.3 cm³/mol. The van der Waals surface area contributed by atoms with Crippen LogP contribution in [0, 0.1) is 0 Å². The van der Waals surface area contributed by atoms with Crippen LogP contribution in [0.1, 0.15) is 18.4 Å². The van der Waals surface area contributed by atoms with Crippen molar-refractivity contribution in [3.05, 3.63) is 17.7 Å². The molecule has 0 radical (unpaired) electrons. The molecule has 0 atom stereocenters. The smallest absolute Gasteiger partial charge is 0.240 e. The average molecular weight is 317 g/mol. The second-order valence-corrected chi connectivity index (χ2v) is 4.83. The summed E-state index contributed by atoms with van der Waals surface area (Å²) in [5, 5.41) is 2.82. The number of carbonyl (C=O) groups is 1. The van der Waals surface area contributed by atoms with Gasteiger partial charge in [-0.05, 0) is 25.0 Å². The molecule has 1 amide bonds. The first-order valence-corrected chi connectivity index (χ1v) is 6.40. The van der Waals surface area contributed by atoms with Crippen LogP contribution in [-0.2, 0) is 11.3 Å². The number of ether oxygens (including phenoxy) is 3. The van der Waals surface area contributed by atoms with E-state index >= 15 is 0 Å². The number of hydrogen-bond acceptors (Lipinski definition) is 5. The van der Waals surface area contributed by atoms with Gasteiger partial charge in [0.05, 0.1) is 26.9 Å². The van der Waals surface area contributed by atoms with E-state index in [-0.39, 0.29) is 18.3 Å². The molecule has 0 saturated heterocycles. The summed E-state index contributed by atoms with van der Waals surface area (Å²) in [6.07, 6.45) is 1.48. The molecule has 7 heteroatoms. The van der Waals surface area contributed by atoms with Gasteiger partial charge in [-0.3, -0.25) is 4.79 Å². The van der Waals surface area contributed by atoms with E-state index in [9.17, 15) is 4.79 Å². The molecule has 1 aliphatic carbocycles. The minimum atomic E-state index is -0.677. The van der Waals surface area contributed by atoms with Crippen LogP contribution >= 0.6 is 12.4 Å². The van der Waals surface area contributed by atoms with E-state index in [1.165, 1.54) is 0 Å². The molecule has 0 spiro atoms. The van der Waals surface area contributed by atoms with Gasteiger partial charge in [0.2, 0.25) is 11.7 Å². The highest BCUT2D eigenvalue weighted by Gasteiger charge is 2.45. The van der Waals surface area contributed by atoms with Crippen molar-refractivity contribution in [1.82, 2.24) is 5.32 Å². The Labute approximate surface area is 130 Å². The molecule has 0 bridgehead atoms. The second-order valence-electron chi connectivity index (χ2n) is 4.83. The van der Waals surface area contributed by atoms with E-state index < -0.39 is 5.54 Å². The number of nitrogens with two attached hydrogens (primary N) is 1. The van der Waals surface area contributed by atoms with Gasteiger partial charge in [-0.1, -0.05) is 0 Å². The average Bonchev–Trinajstić information content (AvgIpc) is 3.22. The molecule has 2 rings (SSSR count). The third-order valence-corrected chi connectivity index (χ3v) is 3.47. The van der Waals surface area contributed by atoms with E-state index in [4.69, 9.17) is 19.9 Å². The van der Waals surface area contributed by atoms with Crippen LogP contribution in [0.25, 0.3) is 0 Å². The van der Waals surface area contributed by atoms with Crippen LogP contribution in [0.2, 0.25) is 0 Å². The lowest BCUT2D eigenvalue weighted by atomic mass is 10.1. The van der Waals surface area contributed by atoms with Crippen molar-refractivity contribution in [3.63, 3.8) is 0 Å². The number of rotatable bonds is 6. The zero-order chi connectivity index (χ0) is 14.8. The Morgan fingerprint density at radius 3 is 2.29 bits per heavy atom. The topological polar surface area (TPSA) is 82.8 Å². The maximum absolute atomic E-state index is 11.8. The highest BCUT2D eigenvalue weighted by atomic mass is 35.5. The Hall–Kier alpha value is -1.66. The molecular formula is C14H21ClN2O4. The molecule has 118 valence electrons. The lowest BCUT2D eigenvalue weighted by Crippen LogP contribution is -2.42. The number of benzene rings is 1. The second kappa shape index (κ2) is 6.87. The number of hydrogen-bond donors (Lipinski definition) is 2. The van der Waals surface area contributed by atoms with Crippen LogP contribution in [0.5, 0.6) is 17.2 Å². The van der Waals surface area contributed by atoms with Gasteiger partial charge in [0.25, 0.3) is 0 Å². The van der Waals surface area contributed by atoms with Gasteiger partial charge in [-0.15, -0.1) is 12.4 Å². The highest BCUT2D eigenvalue weighted by molar-refractivity contribution is 5.89. The van der Waals surface area contributed by atoms with Gasteiger partial charge in [0, 0.05) is 12.1 Å². The first-order chi connectivity index (χ1) is 9.55. The zero-order valence-corrected chi connectivity index (χ0v) is 13.2. The summed E-state index contributed by atoms with van der Waals surface area (Å²) < 4.78 is 15.9. The maximum Gasteiger partial charge on any atom is 0.240 e. The summed E-state index contributed by atoms with van der Waals surface area (Å²) in [5.74, 6) is 1.51. The van der Waals surface area contributed by atoms with Crippen molar-refractivity contribution in [1.29, 1.82) is 0 Å². The number of halogens is 1. The maximum atomic E-state index is 11.8. The normalized spacial score (nSPS) is 14.7. The fraction of sp³-hybridized carbons (Fsp3) is 0.500. The molecular weight excluding hydrogens is 296 g/mol. The van der Waals surface area contributed by atoms with Crippen LogP contribution in [0.15, 0.2) is 12.1 Å². The quantitative estimate of drug-likeness (QED) is 0.825. The molecule has 1 aromatic carbocycles. The van der Waals surface area contributed by atoms with Crippen LogP contribution < -0.4 is 25.3 Å². The standard InChI is InChI=1S/C14H20N2O4.ClH/c1-18-10-5-4-9(11(19-2)12(10)20-3)8-16-13(17)14(15)6-7-14;/h4-5H,6-8,15H2,1-3H3,(H,16,17);1H. The van der Waals surface area contributed by atoms with Crippen LogP contribution in [-0.4, -0.2) is 32.8 Å². The Morgan fingerprint density at radius 2 is 1.81 bits per heavy atom. The molecule has 0 unspecified atom stereocenters. The molecule has 1 saturated carbocycles. The monoisotopic (exact) mass is 316 g/mol. The highest BCUT2D eigenvalue weighted by Crippen LogP contribution is 2.40. The summed E-state index contributed by atoms with van der Waals surface area (Å²) >= 11 is 0. The van der Waals surface area contributed by atoms with E-state index in [2.05, 4.69) is 5.32 Å². The minimum absolute atomic E-state index is 0. The van der Waals surface area contributed by atoms with E-state index in [0.717, 1.165) is 18.4 Å². The number of nitrogens with one attached hydrogen (secondary N) is 1. The molecule has 21 heavy (non-hydrogen) atoms. The fourth-order valence-electron chi connectivity index (χ4n) is 2.02. The molecule has 3 N–H and O–H groups in total. The van der Waals surface area contributed by atoms with Crippen molar-refractivity contribution >= 4 is 18.3 Å². The van der Waals surface area contributed by atoms with Crippen LogP contribution in [0.3, 0.4) is 0 Å². The van der Waals surface area contributed by atoms with E-state index in [0.29, 0.717) is 23.8 Å². The summed E-state index contributed by atoms with van der Waals surface area (Å²) in [4.78, 5) is 11.8. The van der Waals surface area contributed by atoms with E-state index in [1.54, 1.807) is 27.4 Å². The van der Waals surface area contributed by atoms with Gasteiger partial charge in [0.1, 0.15) is 0 Å². The Bertz CT molecular complexity index is 518. The molecule has 0 aliphatic heterocycles. The summed E-state index contributed by atoms with van der Waals surface area (Å²) in [5.41, 5.74) is 5.97. The molecule has 1 aliphatic rings. The largest absolute Gasteiger partial charge is 0.493 e. The first-order valence-electron chi connectivity index (χ1n) is 6.40. The van der Waals surface area contributed by atoms with Crippen molar-refractivity contribution in [3.8, 4) is 17.2 Å². The lowest BCUT2D eigenvalue weighted by molar-refractivity contribution is -0.123. The summed E-state index contributed by atoms with van der Waals surface area (Å²) in [6.45, 7) is 0.335. The molecule has 0 heterocycles. The fourth-order valence-corrected chi connectivity index (χ4v) is 2.02. The van der Waals surface area contributed by atoms with Crippen molar-refractivity contribution in [2.45, 2.75) is 24.9 Å².